The molecular weight excluding hydrogens is 346 g/mol. The molecule has 1 aliphatic carbocycles. The van der Waals surface area contributed by atoms with Crippen LogP contribution in [0.15, 0.2) is 23.8 Å². The van der Waals surface area contributed by atoms with Crippen LogP contribution in [-0.2, 0) is 14.3 Å². The molecule has 2 rings (SSSR count). The van der Waals surface area contributed by atoms with Crippen molar-refractivity contribution in [3.05, 3.63) is 29.3 Å². The molecule has 1 aromatic rings. The topological polar surface area (TPSA) is 85.6 Å². The van der Waals surface area contributed by atoms with E-state index >= 15 is 0 Å². The molecule has 1 saturated carbocycles. The molecule has 6 nitrogen and oxygen atoms in total. The Kier molecular flexibility index (Phi) is 7.87. The van der Waals surface area contributed by atoms with Crippen LogP contribution >= 0.6 is 0 Å². The lowest BCUT2D eigenvalue weighted by Gasteiger charge is -2.20. The van der Waals surface area contributed by atoms with Gasteiger partial charge in [-0.15, -0.1) is 0 Å². The Morgan fingerprint density at radius 3 is 2.52 bits per heavy atom. The fourth-order valence-corrected chi connectivity index (χ4v) is 3.01. The van der Waals surface area contributed by atoms with Gasteiger partial charge in [0.1, 0.15) is 11.6 Å². The van der Waals surface area contributed by atoms with Crippen molar-refractivity contribution in [1.29, 1.82) is 5.26 Å². The molecule has 1 fully saturated rings. The number of ether oxygens (including phenoxy) is 3. The van der Waals surface area contributed by atoms with Crippen LogP contribution in [0.1, 0.15) is 51.5 Å². The minimum Gasteiger partial charge on any atom is -0.490 e. The lowest BCUT2D eigenvalue weighted by Crippen LogP contribution is -2.23. The van der Waals surface area contributed by atoms with Gasteiger partial charge < -0.3 is 14.2 Å². The van der Waals surface area contributed by atoms with E-state index in [0.717, 1.165) is 32.1 Å². The van der Waals surface area contributed by atoms with Crippen LogP contribution in [0.5, 0.6) is 11.5 Å². The fourth-order valence-electron chi connectivity index (χ4n) is 3.01. The summed E-state index contributed by atoms with van der Waals surface area (Å²) in [7, 11) is 0. The Balaban J connectivity index is 2.21. The zero-order valence-electron chi connectivity index (χ0n) is 15.8. The predicted molar refractivity (Wildman–Crippen MR) is 100 cm³/mol. The number of benzene rings is 1. The van der Waals surface area contributed by atoms with Gasteiger partial charge >= 0.3 is 11.9 Å². The quantitative estimate of drug-likeness (QED) is 0.311. The second-order valence-corrected chi connectivity index (χ2v) is 6.29. The van der Waals surface area contributed by atoms with Gasteiger partial charge in [0.05, 0.1) is 19.1 Å². The molecule has 0 saturated heterocycles. The van der Waals surface area contributed by atoms with Crippen LogP contribution in [0, 0.1) is 17.2 Å². The van der Waals surface area contributed by atoms with E-state index in [9.17, 15) is 9.59 Å². The summed E-state index contributed by atoms with van der Waals surface area (Å²) in [5, 5.41) is 9.16. The molecule has 0 amide bonds. The SMILES string of the molecule is CCOC(=O)C(C#N)=Cc1ccc(OC(=O)C2CCCCC2)c(OCC)c1. The normalized spacial score (nSPS) is 14.9. The van der Waals surface area contributed by atoms with Crippen LogP contribution in [0.4, 0.5) is 0 Å². The van der Waals surface area contributed by atoms with Crippen molar-refractivity contribution < 1.29 is 23.8 Å². The summed E-state index contributed by atoms with van der Waals surface area (Å²) in [4.78, 5) is 24.2. The molecule has 1 aliphatic rings. The molecule has 0 aromatic heterocycles. The molecule has 6 heteroatoms. The van der Waals surface area contributed by atoms with Crippen molar-refractivity contribution in [3.63, 3.8) is 0 Å². The smallest absolute Gasteiger partial charge is 0.348 e. The summed E-state index contributed by atoms with van der Waals surface area (Å²) < 4.78 is 16.0. The first-order valence-electron chi connectivity index (χ1n) is 9.36. The maximum atomic E-state index is 12.4. The van der Waals surface area contributed by atoms with Crippen molar-refractivity contribution in [2.45, 2.75) is 46.0 Å². The lowest BCUT2D eigenvalue weighted by molar-refractivity contribution is -0.140. The summed E-state index contributed by atoms with van der Waals surface area (Å²) in [6, 6.07) is 6.77. The summed E-state index contributed by atoms with van der Waals surface area (Å²) in [5.41, 5.74) is 0.478. The maximum Gasteiger partial charge on any atom is 0.348 e. The average molecular weight is 371 g/mol. The molecule has 1 aromatic carbocycles. The highest BCUT2D eigenvalue weighted by Crippen LogP contribution is 2.32. The number of carbonyl (C=O) groups excluding carboxylic acids is 2. The van der Waals surface area contributed by atoms with E-state index in [1.807, 2.05) is 13.0 Å². The predicted octanol–water partition coefficient (Wildman–Crippen LogP) is 4.04. The van der Waals surface area contributed by atoms with Gasteiger partial charge in [-0.3, -0.25) is 4.79 Å². The number of nitriles is 1. The molecule has 0 aliphatic heterocycles. The lowest BCUT2D eigenvalue weighted by atomic mass is 9.89. The first kappa shape index (κ1) is 20.5. The molecule has 27 heavy (non-hydrogen) atoms. The Hall–Kier alpha value is -2.81. The van der Waals surface area contributed by atoms with Crippen molar-refractivity contribution >= 4 is 18.0 Å². The van der Waals surface area contributed by atoms with Crippen LogP contribution < -0.4 is 9.47 Å². The minimum atomic E-state index is -0.675. The van der Waals surface area contributed by atoms with E-state index in [-0.39, 0.29) is 24.1 Å². The fraction of sp³-hybridized carbons (Fsp3) is 0.476. The van der Waals surface area contributed by atoms with Crippen molar-refractivity contribution in [1.82, 2.24) is 0 Å². The number of carbonyl (C=O) groups is 2. The number of hydrogen-bond acceptors (Lipinski definition) is 6. The van der Waals surface area contributed by atoms with E-state index in [1.165, 1.54) is 6.08 Å². The van der Waals surface area contributed by atoms with E-state index in [1.54, 1.807) is 25.1 Å². The highest BCUT2D eigenvalue weighted by atomic mass is 16.6. The average Bonchev–Trinajstić information content (AvgIpc) is 2.69. The van der Waals surface area contributed by atoms with Gasteiger partial charge in [-0.2, -0.15) is 5.26 Å². The third-order valence-corrected chi connectivity index (χ3v) is 4.34. The zero-order chi connectivity index (χ0) is 19.6. The van der Waals surface area contributed by atoms with E-state index in [4.69, 9.17) is 19.5 Å². The molecule has 0 bridgehead atoms. The highest BCUT2D eigenvalue weighted by molar-refractivity contribution is 5.98. The highest BCUT2D eigenvalue weighted by Gasteiger charge is 2.24. The molecule has 0 radical (unpaired) electrons. The van der Waals surface area contributed by atoms with Gasteiger partial charge in [-0.05, 0) is 50.5 Å². The van der Waals surface area contributed by atoms with Crippen LogP contribution in [0.2, 0.25) is 0 Å². The van der Waals surface area contributed by atoms with Gasteiger partial charge in [-0.1, -0.05) is 25.3 Å². The number of hydrogen-bond donors (Lipinski definition) is 0. The maximum absolute atomic E-state index is 12.4. The van der Waals surface area contributed by atoms with Crippen LogP contribution in [0.3, 0.4) is 0 Å². The Labute approximate surface area is 159 Å². The second kappa shape index (κ2) is 10.4. The van der Waals surface area contributed by atoms with Gasteiger partial charge in [0, 0.05) is 0 Å². The zero-order valence-corrected chi connectivity index (χ0v) is 15.8. The summed E-state index contributed by atoms with van der Waals surface area (Å²) in [6.07, 6.45) is 6.40. The van der Waals surface area contributed by atoms with E-state index in [2.05, 4.69) is 0 Å². The molecule has 0 atom stereocenters. The van der Waals surface area contributed by atoms with Crippen molar-refractivity contribution in [2.75, 3.05) is 13.2 Å². The summed E-state index contributed by atoms with van der Waals surface area (Å²) >= 11 is 0. The molecule has 0 N–H and O–H groups in total. The van der Waals surface area contributed by atoms with Crippen LogP contribution in [-0.4, -0.2) is 25.2 Å². The van der Waals surface area contributed by atoms with Crippen molar-refractivity contribution in [2.24, 2.45) is 5.92 Å². The molecular formula is C21H25NO5. The number of rotatable bonds is 7. The Morgan fingerprint density at radius 2 is 1.89 bits per heavy atom. The second-order valence-electron chi connectivity index (χ2n) is 6.29. The minimum absolute atomic E-state index is 0.0678. The van der Waals surface area contributed by atoms with Gasteiger partial charge in [0.25, 0.3) is 0 Å². The first-order valence-corrected chi connectivity index (χ1v) is 9.36. The Morgan fingerprint density at radius 1 is 1.15 bits per heavy atom. The van der Waals surface area contributed by atoms with Gasteiger partial charge in [0.2, 0.25) is 0 Å². The number of esters is 2. The van der Waals surface area contributed by atoms with Gasteiger partial charge in [-0.25, -0.2) is 4.79 Å². The molecule has 0 heterocycles. The summed E-state index contributed by atoms with van der Waals surface area (Å²) in [5.74, 6) is -0.230. The first-order chi connectivity index (χ1) is 13.1. The molecule has 0 unspecified atom stereocenters. The summed E-state index contributed by atoms with van der Waals surface area (Å²) in [6.45, 7) is 4.09. The third-order valence-electron chi connectivity index (χ3n) is 4.34. The van der Waals surface area contributed by atoms with E-state index < -0.39 is 5.97 Å². The third kappa shape index (κ3) is 5.85. The van der Waals surface area contributed by atoms with Gasteiger partial charge in [0.15, 0.2) is 11.5 Å². The van der Waals surface area contributed by atoms with E-state index in [0.29, 0.717) is 23.7 Å². The molecule has 144 valence electrons. The van der Waals surface area contributed by atoms with Crippen LogP contribution in [0.25, 0.3) is 6.08 Å². The largest absolute Gasteiger partial charge is 0.490 e. The number of nitrogens with zero attached hydrogens (tertiary/aromatic N) is 1. The molecule has 0 spiro atoms. The van der Waals surface area contributed by atoms with Crippen molar-refractivity contribution in [3.8, 4) is 17.6 Å². The monoisotopic (exact) mass is 371 g/mol. The standard InChI is InChI=1S/C21H25NO5/c1-3-25-19-13-15(12-17(14-22)20(23)26-4-2)10-11-18(19)27-21(24)16-8-6-5-7-9-16/h10-13,16H,3-9H2,1-2H3. The Bertz CT molecular complexity index is 741.